The Hall–Kier alpha value is -3.85. The highest BCUT2D eigenvalue weighted by atomic mass is 16.7. The van der Waals surface area contributed by atoms with Crippen LogP contribution in [0.25, 0.3) is 0 Å². The van der Waals surface area contributed by atoms with Gasteiger partial charge in [0, 0.05) is 19.7 Å². The number of carbonyl (C=O) groups is 2. The molecule has 1 N–H and O–H groups in total. The monoisotopic (exact) mass is 451 g/mol. The zero-order valence-electron chi connectivity index (χ0n) is 18.4. The summed E-state index contributed by atoms with van der Waals surface area (Å²) in [6, 6.07) is 16.5. The van der Waals surface area contributed by atoms with Gasteiger partial charge in [-0.15, -0.1) is 0 Å². The second-order valence-electron chi connectivity index (χ2n) is 7.59. The highest BCUT2D eigenvalue weighted by Crippen LogP contribution is 2.32. The molecule has 2 heterocycles. The molecule has 1 aliphatic heterocycles. The van der Waals surface area contributed by atoms with Crippen LogP contribution in [0.2, 0.25) is 0 Å². The van der Waals surface area contributed by atoms with Gasteiger partial charge in [0.25, 0.3) is 5.91 Å². The summed E-state index contributed by atoms with van der Waals surface area (Å²) < 4.78 is 21.0. The van der Waals surface area contributed by atoms with Crippen molar-refractivity contribution in [2.24, 2.45) is 0 Å². The van der Waals surface area contributed by atoms with Crippen molar-refractivity contribution in [3.63, 3.8) is 0 Å². The van der Waals surface area contributed by atoms with E-state index in [1.807, 2.05) is 49.4 Å². The van der Waals surface area contributed by atoms with E-state index in [-0.39, 0.29) is 43.5 Å². The Labute approximate surface area is 191 Å². The number of nitrogens with one attached hydrogen (secondary N) is 1. The lowest BCUT2D eigenvalue weighted by atomic mass is 10.1. The molecule has 0 saturated heterocycles. The first kappa shape index (κ1) is 22.3. The van der Waals surface area contributed by atoms with E-state index < -0.39 is 0 Å². The second kappa shape index (κ2) is 10.2. The van der Waals surface area contributed by atoms with Crippen molar-refractivity contribution in [1.29, 1.82) is 0 Å². The largest absolute Gasteiger partial charge is 0.454 e. The molecule has 9 nitrogen and oxygen atoms in total. The van der Waals surface area contributed by atoms with Crippen LogP contribution < -0.4 is 14.8 Å². The van der Waals surface area contributed by atoms with Crippen LogP contribution in [0.4, 0.5) is 0 Å². The van der Waals surface area contributed by atoms with Crippen LogP contribution in [-0.4, -0.2) is 42.4 Å². The third-order valence-electron chi connectivity index (χ3n) is 5.35. The van der Waals surface area contributed by atoms with Gasteiger partial charge in [0.1, 0.15) is 6.61 Å². The minimum Gasteiger partial charge on any atom is -0.454 e. The van der Waals surface area contributed by atoms with Crippen molar-refractivity contribution in [2.75, 3.05) is 20.5 Å². The number of carbonyl (C=O) groups excluding carboxylic acids is 2. The zero-order valence-corrected chi connectivity index (χ0v) is 18.4. The van der Waals surface area contributed by atoms with Crippen molar-refractivity contribution >= 4 is 11.8 Å². The molecular weight excluding hydrogens is 426 g/mol. The molecule has 33 heavy (non-hydrogen) atoms. The number of amides is 2. The Morgan fingerprint density at radius 3 is 2.70 bits per heavy atom. The van der Waals surface area contributed by atoms with Gasteiger partial charge < -0.3 is 29.0 Å². The van der Waals surface area contributed by atoms with E-state index in [9.17, 15) is 9.59 Å². The summed E-state index contributed by atoms with van der Waals surface area (Å²) in [6.45, 7) is 2.51. The van der Waals surface area contributed by atoms with Crippen molar-refractivity contribution in [2.45, 2.75) is 26.1 Å². The molecule has 0 aliphatic carbocycles. The number of methoxy groups -OCH3 is 1. The van der Waals surface area contributed by atoms with Gasteiger partial charge in [-0.1, -0.05) is 41.6 Å². The number of benzene rings is 2. The fraction of sp³-hybridized carbons (Fsp3) is 0.292. The summed E-state index contributed by atoms with van der Waals surface area (Å²) in [7, 11) is 1.47. The average Bonchev–Trinajstić information content (AvgIpc) is 3.50. The van der Waals surface area contributed by atoms with Gasteiger partial charge in [-0.25, -0.2) is 0 Å². The topological polar surface area (TPSA) is 103 Å². The minimum absolute atomic E-state index is 0.0613. The Morgan fingerprint density at radius 2 is 1.91 bits per heavy atom. The highest BCUT2D eigenvalue weighted by molar-refractivity contribution is 5.92. The maximum atomic E-state index is 12.7. The summed E-state index contributed by atoms with van der Waals surface area (Å²) in [5, 5.41) is 6.68. The quantitative estimate of drug-likeness (QED) is 0.533. The lowest BCUT2D eigenvalue weighted by molar-refractivity contribution is -0.138. The maximum absolute atomic E-state index is 12.7. The molecule has 172 valence electrons. The maximum Gasteiger partial charge on any atom is 0.273 e. The Kier molecular flexibility index (Phi) is 6.89. The summed E-state index contributed by atoms with van der Waals surface area (Å²) in [5.74, 6) is 1.16. The summed E-state index contributed by atoms with van der Waals surface area (Å²) >= 11 is 0. The summed E-state index contributed by atoms with van der Waals surface area (Å²) in [6.07, 6.45) is 0. The number of rotatable bonds is 9. The van der Waals surface area contributed by atoms with E-state index in [4.69, 9.17) is 18.7 Å². The highest BCUT2D eigenvalue weighted by Gasteiger charge is 2.24. The predicted octanol–water partition coefficient (Wildman–Crippen LogP) is 3.07. The SMILES string of the molecule is COCC(=O)N(Cc1cc(C(=O)NCc2ccc3c(c2)OCO3)no1)C(C)c1ccccc1. The Morgan fingerprint density at radius 1 is 1.12 bits per heavy atom. The van der Waals surface area contributed by atoms with Gasteiger partial charge in [-0.3, -0.25) is 9.59 Å². The molecule has 0 spiro atoms. The van der Waals surface area contributed by atoms with Crippen LogP contribution in [0.5, 0.6) is 11.5 Å². The van der Waals surface area contributed by atoms with Crippen LogP contribution in [0.1, 0.15) is 40.3 Å². The van der Waals surface area contributed by atoms with Gasteiger partial charge in [0.05, 0.1) is 12.6 Å². The van der Waals surface area contributed by atoms with E-state index in [1.165, 1.54) is 7.11 Å². The smallest absolute Gasteiger partial charge is 0.273 e. The van der Waals surface area contributed by atoms with E-state index in [1.54, 1.807) is 17.0 Å². The fourth-order valence-electron chi connectivity index (χ4n) is 3.55. The molecule has 0 fully saturated rings. The Balaban J connectivity index is 1.41. The number of ether oxygens (including phenoxy) is 3. The number of hydrogen-bond donors (Lipinski definition) is 1. The molecule has 1 atom stereocenters. The molecule has 0 radical (unpaired) electrons. The molecule has 2 aromatic carbocycles. The van der Waals surface area contributed by atoms with Crippen LogP contribution in [0.15, 0.2) is 59.1 Å². The molecule has 0 bridgehead atoms. The summed E-state index contributed by atoms with van der Waals surface area (Å²) in [4.78, 5) is 26.9. The van der Waals surface area contributed by atoms with Crippen LogP contribution in [0, 0.1) is 0 Å². The van der Waals surface area contributed by atoms with Gasteiger partial charge in [0.2, 0.25) is 12.7 Å². The van der Waals surface area contributed by atoms with Crippen molar-refractivity contribution in [3.8, 4) is 11.5 Å². The molecule has 2 amide bonds. The van der Waals surface area contributed by atoms with E-state index >= 15 is 0 Å². The van der Waals surface area contributed by atoms with Crippen LogP contribution in [-0.2, 0) is 22.6 Å². The van der Waals surface area contributed by atoms with E-state index in [0.717, 1.165) is 11.1 Å². The third kappa shape index (κ3) is 5.32. The van der Waals surface area contributed by atoms with Crippen LogP contribution >= 0.6 is 0 Å². The standard InChI is InChI=1S/C24H25N3O6/c1-16(18-6-4-3-5-7-18)27(23(28)14-30-2)13-19-11-20(26-33-19)24(29)25-12-17-8-9-21-22(10-17)32-15-31-21/h3-11,16H,12-15H2,1-2H3,(H,25,29). The average molecular weight is 451 g/mol. The molecule has 3 aromatic rings. The van der Waals surface area contributed by atoms with Crippen molar-refractivity contribution in [3.05, 3.63) is 77.2 Å². The second-order valence-corrected chi connectivity index (χ2v) is 7.59. The van der Waals surface area contributed by atoms with E-state index in [0.29, 0.717) is 23.8 Å². The van der Waals surface area contributed by atoms with Gasteiger partial charge in [0.15, 0.2) is 23.0 Å². The minimum atomic E-state index is -0.381. The molecule has 1 unspecified atom stereocenters. The van der Waals surface area contributed by atoms with Crippen LogP contribution in [0.3, 0.4) is 0 Å². The molecular formula is C24H25N3O6. The lowest BCUT2D eigenvalue weighted by Crippen LogP contribution is -2.35. The van der Waals surface area contributed by atoms with Gasteiger partial charge >= 0.3 is 0 Å². The van der Waals surface area contributed by atoms with E-state index in [2.05, 4.69) is 10.5 Å². The number of aromatic nitrogens is 1. The van der Waals surface area contributed by atoms with Gasteiger partial charge in [-0.2, -0.15) is 0 Å². The molecule has 0 saturated carbocycles. The predicted molar refractivity (Wildman–Crippen MR) is 118 cm³/mol. The molecule has 1 aromatic heterocycles. The first-order valence-electron chi connectivity index (χ1n) is 10.5. The normalized spacial score (nSPS) is 12.9. The first-order valence-corrected chi connectivity index (χ1v) is 10.5. The first-order chi connectivity index (χ1) is 16.0. The Bertz CT molecular complexity index is 1110. The number of hydrogen-bond acceptors (Lipinski definition) is 7. The molecule has 4 rings (SSSR count). The van der Waals surface area contributed by atoms with Crippen molar-refractivity contribution < 1.29 is 28.3 Å². The third-order valence-corrected chi connectivity index (χ3v) is 5.35. The zero-order chi connectivity index (χ0) is 23.2. The molecule has 1 aliphatic rings. The van der Waals surface area contributed by atoms with Crippen molar-refractivity contribution in [1.82, 2.24) is 15.4 Å². The number of fused-ring (bicyclic) bond motifs is 1. The fourth-order valence-corrected chi connectivity index (χ4v) is 3.55. The number of nitrogens with zero attached hydrogens (tertiary/aromatic N) is 2. The van der Waals surface area contributed by atoms with Gasteiger partial charge in [-0.05, 0) is 30.2 Å². The molecule has 9 heteroatoms. The summed E-state index contributed by atoms with van der Waals surface area (Å²) in [5.41, 5.74) is 1.98. The lowest BCUT2D eigenvalue weighted by Gasteiger charge is -2.28.